The van der Waals surface area contributed by atoms with Gasteiger partial charge in [-0.1, -0.05) is 43.0 Å². The van der Waals surface area contributed by atoms with Gasteiger partial charge in [0, 0.05) is 0 Å². The molecule has 0 saturated heterocycles. The average Bonchev–Trinajstić information content (AvgIpc) is 2.26. The smallest absolute Gasteiger partial charge is 0.388 e. The Bertz CT molecular complexity index is 460. The van der Waals surface area contributed by atoms with Gasteiger partial charge in [0.05, 0.1) is 19.7 Å². The number of benzene rings is 1. The van der Waals surface area contributed by atoms with Gasteiger partial charge in [-0.25, -0.2) is 0 Å². The fraction of sp³-hybridized carbons (Fsp3) is 0.429. The number of aliphatic hydroxyl groups is 1. The van der Waals surface area contributed by atoms with Gasteiger partial charge in [0.2, 0.25) is 0 Å². The third kappa shape index (κ3) is 4.21. The molecule has 0 aliphatic carbocycles. The molecule has 0 bridgehead atoms. The van der Waals surface area contributed by atoms with Gasteiger partial charge in [0.15, 0.2) is 0 Å². The molecule has 1 N–H and O–H groups in total. The van der Waals surface area contributed by atoms with Crippen LogP contribution in [0, 0.1) is 0 Å². The van der Waals surface area contributed by atoms with Crippen molar-refractivity contribution in [2.24, 2.45) is 0 Å². The lowest BCUT2D eigenvalue weighted by Gasteiger charge is -2.24. The summed E-state index contributed by atoms with van der Waals surface area (Å²) in [5.74, 6) is 0. The van der Waals surface area contributed by atoms with E-state index in [4.69, 9.17) is 0 Å². The first-order chi connectivity index (χ1) is 8.53. The minimum absolute atomic E-state index is 0.0746. The molecular weight excluding hydrogens is 269 g/mol. The zero-order chi connectivity index (χ0) is 14.8. The zero-order valence-electron chi connectivity index (χ0n) is 11.4. The highest BCUT2D eigenvalue weighted by Gasteiger charge is 2.35. The Morgan fingerprint density at radius 1 is 1.26 bits per heavy atom. The Morgan fingerprint density at radius 3 is 2.26 bits per heavy atom. The maximum absolute atomic E-state index is 12.9. The van der Waals surface area contributed by atoms with Gasteiger partial charge < -0.3 is 5.11 Å². The summed E-state index contributed by atoms with van der Waals surface area (Å²) < 4.78 is 38.6. The van der Waals surface area contributed by atoms with Gasteiger partial charge in [-0.05, 0) is 18.1 Å². The number of alkyl halides is 3. The van der Waals surface area contributed by atoms with E-state index in [-0.39, 0.29) is 12.0 Å². The van der Waals surface area contributed by atoms with E-state index in [1.54, 1.807) is 0 Å². The van der Waals surface area contributed by atoms with E-state index in [1.165, 1.54) is 18.2 Å². The highest BCUT2D eigenvalue weighted by molar-refractivity contribution is 6.82. The van der Waals surface area contributed by atoms with E-state index in [2.05, 4.69) is 26.2 Å². The Balaban J connectivity index is 3.01. The van der Waals surface area contributed by atoms with Gasteiger partial charge in [-0.3, -0.25) is 0 Å². The molecule has 0 amide bonds. The summed E-state index contributed by atoms with van der Waals surface area (Å²) in [5.41, 5.74) is -0.847. The number of rotatable bonds is 4. The van der Waals surface area contributed by atoms with E-state index in [9.17, 15) is 18.3 Å². The van der Waals surface area contributed by atoms with E-state index in [1.807, 2.05) is 0 Å². The molecule has 0 heterocycles. The second kappa shape index (κ2) is 5.51. The van der Waals surface area contributed by atoms with E-state index >= 15 is 0 Å². The van der Waals surface area contributed by atoms with E-state index < -0.39 is 25.9 Å². The number of hydrogen-bond acceptors (Lipinski definition) is 1. The average molecular weight is 288 g/mol. The summed E-state index contributed by atoms with van der Waals surface area (Å²) in [6, 6.07) is 5.15. The van der Waals surface area contributed by atoms with Crippen molar-refractivity contribution >= 4 is 8.07 Å². The summed E-state index contributed by atoms with van der Waals surface area (Å²) in [7, 11) is -1.66. The summed E-state index contributed by atoms with van der Waals surface area (Å²) in [6.07, 6.45) is -5.42. The van der Waals surface area contributed by atoms with Crippen LogP contribution in [0.1, 0.15) is 23.7 Å². The standard InChI is InChI=1S/C14H19F3OSi/c1-10(19(2,3)4)9-13(18)11-7-5-6-8-12(11)14(15,16)17/h5-8,13,18H,1,9H2,2-4H3/t13-/m0/s1. The van der Waals surface area contributed by atoms with Crippen LogP contribution in [0.2, 0.25) is 19.6 Å². The molecule has 1 aromatic carbocycles. The topological polar surface area (TPSA) is 20.2 Å². The van der Waals surface area contributed by atoms with E-state index in [0.29, 0.717) is 0 Å². The normalized spacial score (nSPS) is 14.3. The molecule has 0 aliphatic rings. The lowest BCUT2D eigenvalue weighted by molar-refractivity contribution is -0.139. The number of aliphatic hydroxyl groups excluding tert-OH is 1. The summed E-state index contributed by atoms with van der Waals surface area (Å²) >= 11 is 0. The fourth-order valence-corrected chi connectivity index (χ4v) is 2.50. The van der Waals surface area contributed by atoms with Crippen molar-refractivity contribution in [3.8, 4) is 0 Å². The molecule has 0 radical (unpaired) electrons. The third-order valence-corrected chi connectivity index (χ3v) is 5.45. The minimum atomic E-state index is -4.45. The molecule has 0 unspecified atom stereocenters. The number of halogens is 3. The van der Waals surface area contributed by atoms with E-state index in [0.717, 1.165) is 11.3 Å². The van der Waals surface area contributed by atoms with Crippen LogP contribution in [0.25, 0.3) is 0 Å². The molecule has 5 heteroatoms. The molecule has 0 aromatic heterocycles. The molecular formula is C14H19F3OSi. The lowest BCUT2D eigenvalue weighted by Crippen LogP contribution is -2.25. The van der Waals surface area contributed by atoms with Crippen molar-refractivity contribution < 1.29 is 18.3 Å². The second-order valence-corrected chi connectivity index (χ2v) is 10.9. The van der Waals surface area contributed by atoms with Gasteiger partial charge in [-0.15, -0.1) is 6.58 Å². The summed E-state index contributed by atoms with van der Waals surface area (Å²) in [6.45, 7) is 10.1. The molecule has 106 valence electrons. The van der Waals surface area contributed by atoms with Gasteiger partial charge >= 0.3 is 6.18 Å². The highest BCUT2D eigenvalue weighted by Crippen LogP contribution is 2.36. The highest BCUT2D eigenvalue weighted by atomic mass is 28.3. The molecule has 1 atom stereocenters. The SMILES string of the molecule is C=C(C[C@H](O)c1ccccc1C(F)(F)F)[Si](C)(C)C. The maximum Gasteiger partial charge on any atom is 0.416 e. The van der Waals surface area contributed by atoms with Crippen molar-refractivity contribution in [1.82, 2.24) is 0 Å². The largest absolute Gasteiger partial charge is 0.416 e. The lowest BCUT2D eigenvalue weighted by atomic mass is 10.00. The summed E-state index contributed by atoms with van der Waals surface area (Å²) in [4.78, 5) is 0. The molecule has 1 rings (SSSR count). The first-order valence-corrected chi connectivity index (χ1v) is 9.56. The first kappa shape index (κ1) is 16.0. The van der Waals surface area contributed by atoms with Crippen LogP contribution < -0.4 is 0 Å². The van der Waals surface area contributed by atoms with Crippen molar-refractivity contribution in [2.75, 3.05) is 0 Å². The Labute approximate surface area is 112 Å². The Morgan fingerprint density at radius 2 is 1.79 bits per heavy atom. The minimum Gasteiger partial charge on any atom is -0.388 e. The molecule has 1 aromatic rings. The van der Waals surface area contributed by atoms with Crippen LogP contribution in [0.3, 0.4) is 0 Å². The van der Waals surface area contributed by atoms with Crippen LogP contribution in [0.5, 0.6) is 0 Å². The molecule has 1 nitrogen and oxygen atoms in total. The van der Waals surface area contributed by atoms with Crippen LogP contribution in [0.15, 0.2) is 36.0 Å². The number of hydrogen-bond donors (Lipinski definition) is 1. The maximum atomic E-state index is 12.9. The quantitative estimate of drug-likeness (QED) is 0.805. The van der Waals surface area contributed by atoms with Crippen LogP contribution in [0.4, 0.5) is 13.2 Å². The molecule has 0 spiro atoms. The van der Waals surface area contributed by atoms with Crippen molar-refractivity contribution in [3.05, 3.63) is 47.2 Å². The second-order valence-electron chi connectivity index (χ2n) is 5.66. The van der Waals surface area contributed by atoms with Crippen LogP contribution in [-0.2, 0) is 6.18 Å². The Kier molecular flexibility index (Phi) is 4.63. The predicted octanol–water partition coefficient (Wildman–Crippen LogP) is 4.56. The van der Waals surface area contributed by atoms with Gasteiger partial charge in [0.1, 0.15) is 0 Å². The first-order valence-electron chi connectivity index (χ1n) is 6.06. The Hall–Kier alpha value is -1.07. The van der Waals surface area contributed by atoms with Gasteiger partial charge in [0.25, 0.3) is 0 Å². The van der Waals surface area contributed by atoms with Crippen LogP contribution >= 0.6 is 0 Å². The van der Waals surface area contributed by atoms with Crippen molar-refractivity contribution in [1.29, 1.82) is 0 Å². The van der Waals surface area contributed by atoms with Crippen LogP contribution in [-0.4, -0.2) is 13.2 Å². The zero-order valence-corrected chi connectivity index (χ0v) is 12.4. The monoisotopic (exact) mass is 288 g/mol. The molecule has 0 saturated carbocycles. The van der Waals surface area contributed by atoms with Gasteiger partial charge in [-0.2, -0.15) is 13.2 Å². The fourth-order valence-electron chi connectivity index (χ4n) is 1.70. The molecule has 0 fully saturated rings. The molecule has 0 aliphatic heterocycles. The molecule has 19 heavy (non-hydrogen) atoms. The predicted molar refractivity (Wildman–Crippen MR) is 73.5 cm³/mol. The van der Waals surface area contributed by atoms with Crippen molar-refractivity contribution in [2.45, 2.75) is 38.3 Å². The summed E-state index contributed by atoms with van der Waals surface area (Å²) in [5, 5.41) is 10.9. The van der Waals surface area contributed by atoms with Crippen molar-refractivity contribution in [3.63, 3.8) is 0 Å². The third-order valence-electron chi connectivity index (χ3n) is 3.13.